The fourth-order valence-electron chi connectivity index (χ4n) is 3.93. The number of pyridine rings is 1. The summed E-state index contributed by atoms with van der Waals surface area (Å²) in [6.07, 6.45) is 5.45. The van der Waals surface area contributed by atoms with E-state index >= 15 is 0 Å². The number of H-pyrrole nitrogens is 1. The molecule has 32 heavy (non-hydrogen) atoms. The van der Waals surface area contributed by atoms with E-state index in [4.69, 9.17) is 0 Å². The first-order chi connectivity index (χ1) is 15.4. The molecule has 4 rings (SSSR count). The summed E-state index contributed by atoms with van der Waals surface area (Å²) in [7, 11) is 0. The van der Waals surface area contributed by atoms with E-state index in [0.717, 1.165) is 39.7 Å². The molecule has 1 aliphatic rings. The van der Waals surface area contributed by atoms with E-state index in [1.165, 1.54) is 42.4 Å². The Morgan fingerprint density at radius 3 is 2.88 bits per heavy atom. The first kappa shape index (κ1) is 22.8. The second kappa shape index (κ2) is 10.0. The summed E-state index contributed by atoms with van der Waals surface area (Å²) in [6.45, 7) is 8.32. The molecule has 0 saturated carbocycles. The quantitative estimate of drug-likeness (QED) is 0.543. The number of thioether (sulfide) groups is 1. The molecule has 1 amide bonds. The third-order valence-electron chi connectivity index (χ3n) is 5.90. The average Bonchev–Trinajstić information content (AvgIpc) is 3.10. The van der Waals surface area contributed by atoms with Crippen molar-refractivity contribution >= 4 is 45.0 Å². The van der Waals surface area contributed by atoms with Crippen LogP contribution in [-0.4, -0.2) is 39.2 Å². The fourth-order valence-corrected chi connectivity index (χ4v) is 5.76. The number of aromatic nitrogens is 3. The summed E-state index contributed by atoms with van der Waals surface area (Å²) in [4.78, 5) is 41.4. The van der Waals surface area contributed by atoms with Gasteiger partial charge >= 0.3 is 0 Å². The summed E-state index contributed by atoms with van der Waals surface area (Å²) >= 11 is 3.00. The number of nitrogens with zero attached hydrogens (tertiary/aromatic N) is 3. The second-order valence-corrected chi connectivity index (χ2v) is 10.7. The predicted octanol–water partition coefficient (Wildman–Crippen LogP) is 3.92. The molecule has 170 valence electrons. The zero-order chi connectivity index (χ0) is 22.7. The Morgan fingerprint density at radius 2 is 2.09 bits per heavy atom. The number of rotatable bonds is 7. The molecular weight excluding hydrogens is 442 g/mol. The summed E-state index contributed by atoms with van der Waals surface area (Å²) in [5.74, 6) is 2.02. The lowest BCUT2D eigenvalue weighted by molar-refractivity contribution is -0.120. The van der Waals surface area contributed by atoms with Crippen LogP contribution in [-0.2, 0) is 17.1 Å². The molecule has 0 aromatic carbocycles. The standard InChI is InChI=1S/C23H29N5O2S2/c1-14-15(2)32-23-19(14)22(30)26-18(27-23)13-31-16(3)21(29)25-12-17-8-7-9-24-20(17)28-10-5-4-6-11-28/h7-9,16H,4-6,10-13H2,1-3H3,(H,25,29)(H,26,27,30). The van der Waals surface area contributed by atoms with Crippen molar-refractivity contribution < 1.29 is 4.79 Å². The second-order valence-electron chi connectivity index (χ2n) is 8.18. The number of hydrogen-bond acceptors (Lipinski definition) is 7. The molecule has 1 fully saturated rings. The molecule has 0 spiro atoms. The van der Waals surface area contributed by atoms with Crippen LogP contribution in [0.25, 0.3) is 10.2 Å². The van der Waals surface area contributed by atoms with E-state index in [9.17, 15) is 9.59 Å². The van der Waals surface area contributed by atoms with Crippen molar-refractivity contribution in [1.29, 1.82) is 0 Å². The zero-order valence-corrected chi connectivity index (χ0v) is 20.4. The minimum Gasteiger partial charge on any atom is -0.356 e. The molecule has 0 radical (unpaired) electrons. The SMILES string of the molecule is Cc1sc2nc(CSC(C)C(=O)NCc3cccnc3N3CCCCC3)[nH]c(=O)c2c1C. The highest BCUT2D eigenvalue weighted by atomic mass is 32.2. The minimum atomic E-state index is -0.266. The van der Waals surface area contributed by atoms with Gasteiger partial charge < -0.3 is 15.2 Å². The third kappa shape index (κ3) is 4.99. The van der Waals surface area contributed by atoms with Crippen LogP contribution >= 0.6 is 23.1 Å². The van der Waals surface area contributed by atoms with Crippen molar-refractivity contribution in [2.45, 2.75) is 57.6 Å². The van der Waals surface area contributed by atoms with Crippen molar-refractivity contribution in [1.82, 2.24) is 20.3 Å². The number of anilines is 1. The van der Waals surface area contributed by atoms with Crippen LogP contribution in [0.5, 0.6) is 0 Å². The van der Waals surface area contributed by atoms with Gasteiger partial charge in [-0.1, -0.05) is 6.07 Å². The van der Waals surface area contributed by atoms with Gasteiger partial charge in [0.1, 0.15) is 16.5 Å². The van der Waals surface area contributed by atoms with Crippen LogP contribution < -0.4 is 15.8 Å². The normalized spacial score (nSPS) is 15.2. The maximum absolute atomic E-state index is 12.7. The van der Waals surface area contributed by atoms with Gasteiger partial charge in [-0.15, -0.1) is 23.1 Å². The lowest BCUT2D eigenvalue weighted by atomic mass is 10.1. The molecule has 3 aromatic heterocycles. The van der Waals surface area contributed by atoms with Gasteiger partial charge in [0, 0.05) is 36.3 Å². The number of hydrogen-bond donors (Lipinski definition) is 2. The highest BCUT2D eigenvalue weighted by Crippen LogP contribution is 2.27. The Hall–Kier alpha value is -2.39. The van der Waals surface area contributed by atoms with Crippen molar-refractivity contribution in [3.63, 3.8) is 0 Å². The van der Waals surface area contributed by atoms with Crippen molar-refractivity contribution in [2.24, 2.45) is 0 Å². The van der Waals surface area contributed by atoms with E-state index < -0.39 is 0 Å². The van der Waals surface area contributed by atoms with E-state index in [2.05, 4.69) is 25.2 Å². The molecule has 9 heteroatoms. The molecule has 2 N–H and O–H groups in total. The topological polar surface area (TPSA) is 91.0 Å². The summed E-state index contributed by atoms with van der Waals surface area (Å²) in [5, 5.41) is 3.46. The highest BCUT2D eigenvalue weighted by molar-refractivity contribution is 7.99. The lowest BCUT2D eigenvalue weighted by Gasteiger charge is -2.29. The smallest absolute Gasteiger partial charge is 0.259 e. The maximum atomic E-state index is 12.7. The van der Waals surface area contributed by atoms with E-state index in [-0.39, 0.29) is 16.7 Å². The van der Waals surface area contributed by atoms with Crippen molar-refractivity contribution in [2.75, 3.05) is 18.0 Å². The summed E-state index contributed by atoms with van der Waals surface area (Å²) < 4.78 is 0. The Labute approximate surface area is 196 Å². The molecule has 0 bridgehead atoms. The van der Waals surface area contributed by atoms with E-state index in [0.29, 0.717) is 23.5 Å². The van der Waals surface area contributed by atoms with Gasteiger partial charge in [0.15, 0.2) is 0 Å². The molecule has 1 saturated heterocycles. The van der Waals surface area contributed by atoms with Gasteiger partial charge in [-0.3, -0.25) is 9.59 Å². The number of amides is 1. The number of carbonyl (C=O) groups excluding carboxylic acids is 1. The molecule has 1 atom stereocenters. The first-order valence-corrected chi connectivity index (χ1v) is 12.9. The van der Waals surface area contributed by atoms with Gasteiger partial charge in [-0.25, -0.2) is 9.97 Å². The predicted molar refractivity (Wildman–Crippen MR) is 133 cm³/mol. The first-order valence-electron chi connectivity index (χ1n) is 11.0. The molecule has 0 aliphatic carbocycles. The third-order valence-corrected chi connectivity index (χ3v) is 8.16. The highest BCUT2D eigenvalue weighted by Gasteiger charge is 2.19. The van der Waals surface area contributed by atoms with Gasteiger partial charge in [0.2, 0.25) is 5.91 Å². The molecule has 3 aromatic rings. The summed E-state index contributed by atoms with van der Waals surface area (Å²) in [6, 6.07) is 3.95. The number of thiophene rings is 1. The molecule has 7 nitrogen and oxygen atoms in total. The van der Waals surface area contributed by atoms with Gasteiger partial charge in [0.25, 0.3) is 5.56 Å². The summed E-state index contributed by atoms with van der Waals surface area (Å²) in [5.41, 5.74) is 1.93. The number of nitrogens with one attached hydrogen (secondary N) is 2. The van der Waals surface area contributed by atoms with Crippen LogP contribution in [0.3, 0.4) is 0 Å². The number of piperidine rings is 1. The van der Waals surface area contributed by atoms with Gasteiger partial charge in [-0.05, 0) is 51.7 Å². The van der Waals surface area contributed by atoms with Crippen molar-refractivity contribution in [3.8, 4) is 0 Å². The Bertz CT molecular complexity index is 1170. The number of carbonyl (C=O) groups is 1. The van der Waals surface area contributed by atoms with E-state index in [1.807, 2.05) is 39.1 Å². The van der Waals surface area contributed by atoms with Gasteiger partial charge in [0.05, 0.1) is 16.4 Å². The van der Waals surface area contributed by atoms with Crippen LogP contribution in [0.1, 0.15) is 48.0 Å². The van der Waals surface area contributed by atoms with Crippen LogP contribution in [0.2, 0.25) is 0 Å². The lowest BCUT2D eigenvalue weighted by Crippen LogP contribution is -2.34. The number of fused-ring (bicyclic) bond motifs is 1. The largest absolute Gasteiger partial charge is 0.356 e. The number of aromatic amines is 1. The average molecular weight is 472 g/mol. The van der Waals surface area contributed by atoms with Crippen LogP contribution in [0.4, 0.5) is 5.82 Å². The van der Waals surface area contributed by atoms with Crippen molar-refractivity contribution in [3.05, 3.63) is 50.5 Å². The van der Waals surface area contributed by atoms with Crippen LogP contribution in [0.15, 0.2) is 23.1 Å². The monoisotopic (exact) mass is 471 g/mol. The fraction of sp³-hybridized carbons (Fsp3) is 0.478. The molecule has 1 aliphatic heterocycles. The van der Waals surface area contributed by atoms with Crippen LogP contribution in [0, 0.1) is 13.8 Å². The molecule has 1 unspecified atom stereocenters. The Morgan fingerprint density at radius 1 is 1.31 bits per heavy atom. The minimum absolute atomic E-state index is 0.0327. The molecule has 4 heterocycles. The Kier molecular flexibility index (Phi) is 7.15. The van der Waals surface area contributed by atoms with E-state index in [1.54, 1.807) is 0 Å². The number of aryl methyl sites for hydroxylation is 2. The Balaban J connectivity index is 1.35. The van der Waals surface area contributed by atoms with Gasteiger partial charge in [-0.2, -0.15) is 0 Å². The maximum Gasteiger partial charge on any atom is 0.259 e. The molecular formula is C23H29N5O2S2. The zero-order valence-electron chi connectivity index (χ0n) is 18.7.